The second-order valence-electron chi connectivity index (χ2n) is 2.92. The molecule has 0 bridgehead atoms. The molecule has 0 aliphatic heterocycles. The van der Waals surface area contributed by atoms with Gasteiger partial charge in [0.15, 0.2) is 0 Å². The molecule has 3 nitrogen and oxygen atoms in total. The van der Waals surface area contributed by atoms with Crippen LogP contribution in [0, 0.1) is 5.82 Å². The largest absolute Gasteiger partial charge is 0.342 e. The number of hydrogen-bond acceptors (Lipinski definition) is 2. The zero-order valence-electron chi connectivity index (χ0n) is 8.08. The summed E-state index contributed by atoms with van der Waals surface area (Å²) in [6.45, 7) is 0.734. The van der Waals surface area contributed by atoms with Gasteiger partial charge < -0.3 is 10.3 Å². The number of pyridine rings is 1. The van der Waals surface area contributed by atoms with E-state index in [2.05, 4.69) is 15.3 Å². The van der Waals surface area contributed by atoms with Crippen LogP contribution in [0.25, 0.3) is 11.0 Å². The van der Waals surface area contributed by atoms with E-state index in [0.29, 0.717) is 0 Å². The number of H-pyrrole nitrogens is 1. The Balaban J connectivity index is 0.000000980. The number of hydrogen-bond donors (Lipinski definition) is 2. The molecule has 0 radical (unpaired) electrons. The third-order valence-electron chi connectivity index (χ3n) is 1.86. The van der Waals surface area contributed by atoms with Crippen LogP contribution < -0.4 is 5.32 Å². The van der Waals surface area contributed by atoms with Gasteiger partial charge in [-0.25, -0.2) is 9.37 Å². The van der Waals surface area contributed by atoms with Gasteiger partial charge in [0.2, 0.25) is 0 Å². The van der Waals surface area contributed by atoms with Gasteiger partial charge >= 0.3 is 0 Å². The van der Waals surface area contributed by atoms with Crippen LogP contribution in [0.15, 0.2) is 18.3 Å². The van der Waals surface area contributed by atoms with Gasteiger partial charge in [0, 0.05) is 17.6 Å². The summed E-state index contributed by atoms with van der Waals surface area (Å²) in [5.74, 6) is -0.303. The molecular weight excluding hydrogens is 240 g/mol. The third kappa shape index (κ3) is 3.06. The second kappa shape index (κ2) is 5.90. The number of aromatic amines is 1. The van der Waals surface area contributed by atoms with E-state index in [4.69, 9.17) is 0 Å². The van der Waals surface area contributed by atoms with Crippen molar-refractivity contribution in [3.63, 3.8) is 0 Å². The SMILES string of the molecule is CNCc1cc2cc(F)cnc2[nH]1.Cl.Cl. The summed E-state index contributed by atoms with van der Waals surface area (Å²) in [5, 5.41) is 3.82. The number of fused-ring (bicyclic) bond motifs is 1. The van der Waals surface area contributed by atoms with E-state index in [1.807, 2.05) is 13.1 Å². The van der Waals surface area contributed by atoms with Gasteiger partial charge in [-0.1, -0.05) is 0 Å². The Kier molecular flexibility index (Phi) is 5.57. The van der Waals surface area contributed by atoms with Gasteiger partial charge in [0.25, 0.3) is 0 Å². The van der Waals surface area contributed by atoms with E-state index < -0.39 is 0 Å². The minimum atomic E-state index is -0.303. The topological polar surface area (TPSA) is 40.7 Å². The molecule has 0 aliphatic rings. The lowest BCUT2D eigenvalue weighted by Crippen LogP contribution is -2.04. The highest BCUT2D eigenvalue weighted by atomic mass is 35.5. The fourth-order valence-electron chi connectivity index (χ4n) is 1.33. The number of nitrogens with zero attached hydrogens (tertiary/aromatic N) is 1. The summed E-state index contributed by atoms with van der Waals surface area (Å²) in [4.78, 5) is 7.01. The first-order chi connectivity index (χ1) is 6.29. The van der Waals surface area contributed by atoms with E-state index in [-0.39, 0.29) is 30.6 Å². The molecule has 0 unspecified atom stereocenters. The van der Waals surface area contributed by atoms with Crippen LogP contribution in [-0.4, -0.2) is 17.0 Å². The van der Waals surface area contributed by atoms with Gasteiger partial charge in [-0.2, -0.15) is 0 Å². The number of halogens is 3. The first kappa shape index (κ1) is 14.2. The average Bonchev–Trinajstić information content (AvgIpc) is 2.46. The monoisotopic (exact) mass is 251 g/mol. The van der Waals surface area contributed by atoms with Crippen LogP contribution in [0.3, 0.4) is 0 Å². The lowest BCUT2D eigenvalue weighted by atomic mass is 10.3. The van der Waals surface area contributed by atoms with Crippen LogP contribution in [0.5, 0.6) is 0 Å². The lowest BCUT2D eigenvalue weighted by Gasteiger charge is -1.91. The van der Waals surface area contributed by atoms with Crippen molar-refractivity contribution in [1.82, 2.24) is 15.3 Å². The maximum atomic E-state index is 12.7. The predicted molar refractivity (Wildman–Crippen MR) is 63.3 cm³/mol. The van der Waals surface area contributed by atoms with Crippen molar-refractivity contribution < 1.29 is 4.39 Å². The molecule has 2 N–H and O–H groups in total. The molecule has 2 aromatic rings. The Labute approximate surface area is 99.3 Å². The molecule has 0 saturated heterocycles. The minimum absolute atomic E-state index is 0. The number of aromatic nitrogens is 2. The molecule has 0 spiro atoms. The Morgan fingerprint density at radius 3 is 2.80 bits per heavy atom. The molecule has 0 fully saturated rings. The van der Waals surface area contributed by atoms with E-state index in [9.17, 15) is 4.39 Å². The molecule has 6 heteroatoms. The highest BCUT2D eigenvalue weighted by Gasteiger charge is 2.01. The van der Waals surface area contributed by atoms with Gasteiger partial charge in [-0.3, -0.25) is 0 Å². The summed E-state index contributed by atoms with van der Waals surface area (Å²) in [7, 11) is 1.86. The van der Waals surface area contributed by atoms with Gasteiger partial charge in [-0.05, 0) is 19.2 Å². The molecule has 0 atom stereocenters. The second-order valence-corrected chi connectivity index (χ2v) is 2.92. The summed E-state index contributed by atoms with van der Waals surface area (Å²) in [5.41, 5.74) is 1.74. The first-order valence-corrected chi connectivity index (χ1v) is 4.07. The predicted octanol–water partition coefficient (Wildman–Crippen LogP) is 2.27. The molecule has 15 heavy (non-hydrogen) atoms. The molecule has 84 valence electrons. The number of nitrogens with one attached hydrogen (secondary N) is 2. The lowest BCUT2D eigenvalue weighted by molar-refractivity contribution is 0.624. The Morgan fingerprint density at radius 1 is 1.40 bits per heavy atom. The van der Waals surface area contributed by atoms with Crippen molar-refractivity contribution in [2.24, 2.45) is 0 Å². The molecule has 0 saturated carbocycles. The van der Waals surface area contributed by atoms with E-state index in [1.54, 1.807) is 0 Å². The van der Waals surface area contributed by atoms with Crippen LogP contribution >= 0.6 is 24.8 Å². The van der Waals surface area contributed by atoms with Crippen LogP contribution in [0.2, 0.25) is 0 Å². The fraction of sp³-hybridized carbons (Fsp3) is 0.222. The fourth-order valence-corrected chi connectivity index (χ4v) is 1.33. The zero-order valence-corrected chi connectivity index (χ0v) is 9.71. The van der Waals surface area contributed by atoms with E-state index in [1.165, 1.54) is 12.3 Å². The Morgan fingerprint density at radius 2 is 2.13 bits per heavy atom. The summed E-state index contributed by atoms with van der Waals surface area (Å²) >= 11 is 0. The minimum Gasteiger partial charge on any atom is -0.342 e. The molecule has 2 aromatic heterocycles. The van der Waals surface area contributed by atoms with Crippen LogP contribution in [-0.2, 0) is 6.54 Å². The van der Waals surface area contributed by atoms with E-state index >= 15 is 0 Å². The van der Waals surface area contributed by atoms with Crippen LogP contribution in [0.1, 0.15) is 5.69 Å². The van der Waals surface area contributed by atoms with Crippen molar-refractivity contribution in [3.8, 4) is 0 Å². The van der Waals surface area contributed by atoms with Crippen molar-refractivity contribution in [2.45, 2.75) is 6.54 Å². The number of rotatable bonds is 2. The van der Waals surface area contributed by atoms with Crippen molar-refractivity contribution >= 4 is 35.8 Å². The quantitative estimate of drug-likeness (QED) is 0.860. The molecule has 2 heterocycles. The Bertz CT molecular complexity index is 430. The molecule has 2 rings (SSSR count). The standard InChI is InChI=1S/C9H10FN3.2ClH/c1-11-5-8-3-6-2-7(10)4-12-9(6)13-8;;/h2-4,11H,5H2,1H3,(H,12,13);2*1H. The van der Waals surface area contributed by atoms with Gasteiger partial charge in [0.05, 0.1) is 6.20 Å². The maximum absolute atomic E-state index is 12.7. The van der Waals surface area contributed by atoms with Crippen molar-refractivity contribution in [1.29, 1.82) is 0 Å². The zero-order chi connectivity index (χ0) is 9.26. The molecular formula is C9H12Cl2FN3. The highest BCUT2D eigenvalue weighted by Crippen LogP contribution is 2.13. The van der Waals surface area contributed by atoms with E-state index in [0.717, 1.165) is 23.3 Å². The normalized spacial score (nSPS) is 9.47. The van der Waals surface area contributed by atoms with Crippen molar-refractivity contribution in [2.75, 3.05) is 7.05 Å². The summed E-state index contributed by atoms with van der Waals surface area (Å²) in [6.07, 6.45) is 1.21. The summed E-state index contributed by atoms with van der Waals surface area (Å²) < 4.78 is 12.7. The highest BCUT2D eigenvalue weighted by molar-refractivity contribution is 5.85. The summed E-state index contributed by atoms with van der Waals surface area (Å²) in [6, 6.07) is 3.36. The average molecular weight is 252 g/mol. The maximum Gasteiger partial charge on any atom is 0.142 e. The van der Waals surface area contributed by atoms with Crippen LogP contribution in [0.4, 0.5) is 4.39 Å². The van der Waals surface area contributed by atoms with Gasteiger partial charge in [0.1, 0.15) is 11.5 Å². The first-order valence-electron chi connectivity index (χ1n) is 4.07. The molecule has 0 aromatic carbocycles. The Hall–Kier alpha value is -0.840. The van der Waals surface area contributed by atoms with Gasteiger partial charge in [-0.15, -0.1) is 24.8 Å². The third-order valence-corrected chi connectivity index (χ3v) is 1.86. The molecule has 0 aliphatic carbocycles. The van der Waals surface area contributed by atoms with Crippen molar-refractivity contribution in [3.05, 3.63) is 29.8 Å². The molecule has 0 amide bonds. The smallest absolute Gasteiger partial charge is 0.142 e.